The summed E-state index contributed by atoms with van der Waals surface area (Å²) >= 11 is 0. The maximum absolute atomic E-state index is 11.9. The Hall–Kier alpha value is -1.55. The Morgan fingerprint density at radius 1 is 1.41 bits per heavy atom. The molecule has 0 spiro atoms. The summed E-state index contributed by atoms with van der Waals surface area (Å²) in [6, 6.07) is 7.62. The third kappa shape index (κ3) is 4.07. The van der Waals surface area contributed by atoms with Crippen molar-refractivity contribution in [1.82, 2.24) is 4.90 Å². The summed E-state index contributed by atoms with van der Waals surface area (Å²) in [6.07, 6.45) is 0.414. The molecule has 1 rings (SSSR count). The first-order valence-corrected chi connectivity index (χ1v) is 5.79. The first-order valence-electron chi connectivity index (χ1n) is 5.79. The van der Waals surface area contributed by atoms with Gasteiger partial charge in [-0.15, -0.1) is 0 Å². The number of rotatable bonds is 6. The number of para-hydroxylation sites is 1. The smallest absolute Gasteiger partial charge is 0.225 e. The Morgan fingerprint density at radius 3 is 2.71 bits per heavy atom. The van der Waals surface area contributed by atoms with E-state index >= 15 is 0 Å². The summed E-state index contributed by atoms with van der Waals surface area (Å²) in [5.41, 5.74) is 7.57. The number of nitrogens with zero attached hydrogens (tertiary/aromatic N) is 1. The summed E-state index contributed by atoms with van der Waals surface area (Å²) in [7, 11) is 1.60. The molecule has 0 aliphatic heterocycles. The van der Waals surface area contributed by atoms with E-state index in [1.165, 1.54) is 0 Å². The van der Waals surface area contributed by atoms with Gasteiger partial charge in [-0.3, -0.25) is 4.79 Å². The van der Waals surface area contributed by atoms with Gasteiger partial charge in [0, 0.05) is 25.9 Å². The molecule has 0 atom stereocenters. The molecule has 0 saturated heterocycles. The molecule has 4 heteroatoms. The average Bonchev–Trinajstić information content (AvgIpc) is 2.35. The average molecular weight is 236 g/mol. The van der Waals surface area contributed by atoms with Gasteiger partial charge in [-0.25, -0.2) is 0 Å². The second-order valence-electron chi connectivity index (χ2n) is 3.85. The zero-order chi connectivity index (χ0) is 12.7. The maximum Gasteiger partial charge on any atom is 0.225 e. The van der Waals surface area contributed by atoms with Crippen LogP contribution in [-0.2, 0) is 16.1 Å². The lowest BCUT2D eigenvalue weighted by atomic mass is 10.1. The lowest BCUT2D eigenvalue weighted by Gasteiger charge is -2.21. The van der Waals surface area contributed by atoms with Crippen LogP contribution >= 0.6 is 0 Å². The topological polar surface area (TPSA) is 55.6 Å². The number of methoxy groups -OCH3 is 1. The fraction of sp³-hybridized carbons (Fsp3) is 0.462. The zero-order valence-electron chi connectivity index (χ0n) is 10.5. The van der Waals surface area contributed by atoms with Gasteiger partial charge in [0.1, 0.15) is 0 Å². The molecule has 0 bridgehead atoms. The number of hydrogen-bond acceptors (Lipinski definition) is 3. The molecule has 1 aromatic carbocycles. The van der Waals surface area contributed by atoms with Gasteiger partial charge in [-0.1, -0.05) is 18.2 Å². The SMILES string of the molecule is CCN(Cc1ccccc1N)C(=O)CCOC. The molecule has 1 amide bonds. The number of hydrogen-bond donors (Lipinski definition) is 1. The number of nitrogens with two attached hydrogens (primary N) is 1. The van der Waals surface area contributed by atoms with E-state index in [4.69, 9.17) is 10.5 Å². The summed E-state index contributed by atoms with van der Waals surface area (Å²) in [5, 5.41) is 0. The Morgan fingerprint density at radius 2 is 2.12 bits per heavy atom. The summed E-state index contributed by atoms with van der Waals surface area (Å²) < 4.78 is 4.91. The first kappa shape index (κ1) is 13.5. The predicted molar refractivity (Wildman–Crippen MR) is 68.4 cm³/mol. The third-order valence-electron chi connectivity index (χ3n) is 2.67. The van der Waals surface area contributed by atoms with Crippen LogP contribution in [0, 0.1) is 0 Å². The van der Waals surface area contributed by atoms with E-state index in [1.807, 2.05) is 31.2 Å². The number of carbonyl (C=O) groups is 1. The van der Waals surface area contributed by atoms with Gasteiger partial charge in [0.2, 0.25) is 5.91 Å². The summed E-state index contributed by atoms with van der Waals surface area (Å²) in [5.74, 6) is 0.0950. The summed E-state index contributed by atoms with van der Waals surface area (Å²) in [6.45, 7) is 3.66. The molecule has 0 aliphatic carbocycles. The Balaban J connectivity index is 2.63. The zero-order valence-corrected chi connectivity index (χ0v) is 10.5. The van der Waals surface area contributed by atoms with Crippen molar-refractivity contribution in [2.45, 2.75) is 19.9 Å². The number of nitrogen functional groups attached to an aromatic ring is 1. The van der Waals surface area contributed by atoms with Crippen LogP contribution in [0.1, 0.15) is 18.9 Å². The Kier molecular flexibility index (Phi) is 5.49. The van der Waals surface area contributed by atoms with Crippen LogP contribution in [0.5, 0.6) is 0 Å². The highest BCUT2D eigenvalue weighted by Gasteiger charge is 2.12. The Labute approximate surface area is 102 Å². The van der Waals surface area contributed by atoms with Gasteiger partial charge in [0.25, 0.3) is 0 Å². The number of anilines is 1. The van der Waals surface area contributed by atoms with Crippen molar-refractivity contribution in [3.8, 4) is 0 Å². The van der Waals surface area contributed by atoms with Gasteiger partial charge in [0.05, 0.1) is 13.0 Å². The minimum atomic E-state index is 0.0950. The minimum Gasteiger partial charge on any atom is -0.398 e. The highest BCUT2D eigenvalue weighted by Crippen LogP contribution is 2.13. The van der Waals surface area contributed by atoms with Gasteiger partial charge in [-0.2, -0.15) is 0 Å². The molecule has 0 aliphatic rings. The van der Waals surface area contributed by atoms with Crippen molar-refractivity contribution in [3.63, 3.8) is 0 Å². The third-order valence-corrected chi connectivity index (χ3v) is 2.67. The van der Waals surface area contributed by atoms with E-state index in [1.54, 1.807) is 12.0 Å². The molecule has 4 nitrogen and oxygen atoms in total. The van der Waals surface area contributed by atoms with Gasteiger partial charge < -0.3 is 15.4 Å². The fourth-order valence-corrected chi connectivity index (χ4v) is 1.61. The minimum absolute atomic E-state index is 0.0950. The van der Waals surface area contributed by atoms with E-state index in [9.17, 15) is 4.79 Å². The predicted octanol–water partition coefficient (Wildman–Crippen LogP) is 1.65. The maximum atomic E-state index is 11.9. The molecule has 0 fully saturated rings. The van der Waals surface area contributed by atoms with Crippen LogP contribution in [0.15, 0.2) is 24.3 Å². The van der Waals surface area contributed by atoms with E-state index in [0.717, 1.165) is 11.3 Å². The molecule has 2 N–H and O–H groups in total. The summed E-state index contributed by atoms with van der Waals surface area (Å²) in [4.78, 5) is 13.6. The second-order valence-corrected chi connectivity index (χ2v) is 3.85. The van der Waals surface area contributed by atoms with Gasteiger partial charge in [-0.05, 0) is 18.6 Å². The standard InChI is InChI=1S/C13H20N2O2/c1-3-15(13(16)8-9-17-2)10-11-6-4-5-7-12(11)14/h4-7H,3,8-10,14H2,1-2H3. The quantitative estimate of drug-likeness (QED) is 0.764. The lowest BCUT2D eigenvalue weighted by Crippen LogP contribution is -2.31. The van der Waals surface area contributed by atoms with Crippen molar-refractivity contribution in [1.29, 1.82) is 0 Å². The van der Waals surface area contributed by atoms with E-state index in [2.05, 4.69) is 0 Å². The monoisotopic (exact) mass is 236 g/mol. The van der Waals surface area contributed by atoms with Crippen molar-refractivity contribution < 1.29 is 9.53 Å². The molecule has 17 heavy (non-hydrogen) atoms. The number of ether oxygens (including phenoxy) is 1. The molecule has 0 unspecified atom stereocenters. The van der Waals surface area contributed by atoms with Crippen LogP contribution in [0.2, 0.25) is 0 Å². The Bertz CT molecular complexity index is 366. The highest BCUT2D eigenvalue weighted by molar-refractivity contribution is 5.76. The lowest BCUT2D eigenvalue weighted by molar-refractivity contribution is -0.132. The van der Waals surface area contributed by atoms with Crippen LogP contribution in [-0.4, -0.2) is 31.1 Å². The van der Waals surface area contributed by atoms with Crippen LogP contribution < -0.4 is 5.73 Å². The molecular weight excluding hydrogens is 216 g/mol. The molecule has 0 heterocycles. The number of amides is 1. The molecule has 0 radical (unpaired) electrons. The van der Waals surface area contributed by atoms with Crippen molar-refractivity contribution in [3.05, 3.63) is 29.8 Å². The molecule has 0 aromatic heterocycles. The van der Waals surface area contributed by atoms with Gasteiger partial charge in [0.15, 0.2) is 0 Å². The highest BCUT2D eigenvalue weighted by atomic mass is 16.5. The van der Waals surface area contributed by atoms with Gasteiger partial charge >= 0.3 is 0 Å². The van der Waals surface area contributed by atoms with Crippen molar-refractivity contribution in [2.75, 3.05) is 26.0 Å². The largest absolute Gasteiger partial charge is 0.398 e. The van der Waals surface area contributed by atoms with Crippen molar-refractivity contribution >= 4 is 11.6 Å². The number of benzene rings is 1. The molecule has 94 valence electrons. The van der Waals surface area contributed by atoms with E-state index in [0.29, 0.717) is 26.1 Å². The second kappa shape index (κ2) is 6.91. The van der Waals surface area contributed by atoms with Crippen LogP contribution in [0.4, 0.5) is 5.69 Å². The first-order chi connectivity index (χ1) is 8.19. The molecule has 0 saturated carbocycles. The normalized spacial score (nSPS) is 10.2. The molecular formula is C13H20N2O2. The van der Waals surface area contributed by atoms with Crippen molar-refractivity contribution in [2.24, 2.45) is 0 Å². The number of carbonyl (C=O) groups excluding carboxylic acids is 1. The van der Waals surface area contributed by atoms with E-state index in [-0.39, 0.29) is 5.91 Å². The molecule has 1 aromatic rings. The van der Waals surface area contributed by atoms with Crippen LogP contribution in [0.3, 0.4) is 0 Å². The fourth-order valence-electron chi connectivity index (χ4n) is 1.61. The van der Waals surface area contributed by atoms with Crippen LogP contribution in [0.25, 0.3) is 0 Å². The van der Waals surface area contributed by atoms with E-state index < -0.39 is 0 Å².